The molecule has 2 aliphatic rings. The molecule has 4 heterocycles. The van der Waals surface area contributed by atoms with E-state index in [0.29, 0.717) is 26.2 Å². The predicted molar refractivity (Wildman–Crippen MR) is 103 cm³/mol. The normalized spacial score (nSPS) is 21.8. The molecule has 0 saturated carbocycles. The smallest absolute Gasteiger partial charge is 0.228 e. The van der Waals surface area contributed by atoms with Crippen molar-refractivity contribution in [2.45, 2.75) is 52.3 Å². The summed E-state index contributed by atoms with van der Waals surface area (Å²) < 4.78 is 7.94. The fraction of sp³-hybridized carbons (Fsp3) is 0.632. The summed E-state index contributed by atoms with van der Waals surface area (Å²) in [5.74, 6) is 3.71. The Morgan fingerprint density at radius 3 is 3.04 bits per heavy atom. The van der Waals surface area contributed by atoms with Crippen LogP contribution in [0.4, 0.5) is 5.82 Å². The molecular formula is C19H27N7O2. The summed E-state index contributed by atoms with van der Waals surface area (Å²) in [6, 6.07) is 1.86. The van der Waals surface area contributed by atoms with Gasteiger partial charge in [-0.1, -0.05) is 13.8 Å². The van der Waals surface area contributed by atoms with Gasteiger partial charge in [0.15, 0.2) is 5.82 Å². The van der Waals surface area contributed by atoms with Gasteiger partial charge in [0.2, 0.25) is 5.91 Å². The van der Waals surface area contributed by atoms with Gasteiger partial charge in [0.05, 0.1) is 25.2 Å². The topological polar surface area (TPSA) is 98.1 Å². The minimum atomic E-state index is -0.0982. The lowest BCUT2D eigenvalue weighted by atomic mass is 10.0. The third-order valence-corrected chi connectivity index (χ3v) is 5.38. The maximum absolute atomic E-state index is 12.9. The molecule has 28 heavy (non-hydrogen) atoms. The molecule has 9 nitrogen and oxygen atoms in total. The van der Waals surface area contributed by atoms with E-state index in [1.54, 1.807) is 6.20 Å². The standard InChI is InChI=1S/C19H27N7O2/c1-12(2)18-20-5-4-16(22-18)21-9-15-8-14(11-28-15)19(27)25-6-7-26-13(3)23-24-17(26)10-25/h4-5,12,14-15H,6-11H2,1-3H3,(H,20,21,22)/t14-,15-/m0/s1. The number of carbonyl (C=O) groups is 1. The number of hydrogen-bond acceptors (Lipinski definition) is 7. The first-order valence-electron chi connectivity index (χ1n) is 9.87. The van der Waals surface area contributed by atoms with Crippen LogP contribution in [0.5, 0.6) is 0 Å². The molecule has 9 heteroatoms. The summed E-state index contributed by atoms with van der Waals surface area (Å²) in [5, 5.41) is 11.6. The summed E-state index contributed by atoms with van der Waals surface area (Å²) >= 11 is 0. The first-order valence-corrected chi connectivity index (χ1v) is 9.87. The highest BCUT2D eigenvalue weighted by Gasteiger charge is 2.35. The number of aryl methyl sites for hydroxylation is 1. The number of anilines is 1. The molecule has 1 amide bonds. The van der Waals surface area contributed by atoms with Crippen molar-refractivity contribution in [2.24, 2.45) is 5.92 Å². The first kappa shape index (κ1) is 18.8. The molecule has 4 rings (SSSR count). The van der Waals surface area contributed by atoms with Crippen molar-refractivity contribution in [1.82, 2.24) is 29.6 Å². The fourth-order valence-electron chi connectivity index (χ4n) is 3.74. The van der Waals surface area contributed by atoms with Crippen molar-refractivity contribution in [3.8, 4) is 0 Å². The number of ether oxygens (including phenoxy) is 1. The number of aromatic nitrogens is 5. The molecule has 0 radical (unpaired) electrons. The van der Waals surface area contributed by atoms with Gasteiger partial charge in [-0.25, -0.2) is 9.97 Å². The van der Waals surface area contributed by atoms with E-state index in [9.17, 15) is 4.79 Å². The van der Waals surface area contributed by atoms with Gasteiger partial charge in [-0.15, -0.1) is 10.2 Å². The number of nitrogens with one attached hydrogen (secondary N) is 1. The predicted octanol–water partition coefficient (Wildman–Crippen LogP) is 1.36. The van der Waals surface area contributed by atoms with Gasteiger partial charge >= 0.3 is 0 Å². The minimum Gasteiger partial charge on any atom is -0.376 e. The van der Waals surface area contributed by atoms with Crippen LogP contribution >= 0.6 is 0 Å². The summed E-state index contributed by atoms with van der Waals surface area (Å²) in [5.41, 5.74) is 0. The van der Waals surface area contributed by atoms with Gasteiger partial charge in [0, 0.05) is 31.7 Å². The summed E-state index contributed by atoms with van der Waals surface area (Å²) in [7, 11) is 0. The molecule has 2 aromatic heterocycles. The van der Waals surface area contributed by atoms with Crippen LogP contribution in [0.25, 0.3) is 0 Å². The third kappa shape index (κ3) is 3.84. The second-order valence-electron chi connectivity index (χ2n) is 7.80. The van der Waals surface area contributed by atoms with Crippen LogP contribution in [-0.2, 0) is 22.6 Å². The molecule has 1 saturated heterocycles. The Bertz CT molecular complexity index is 851. The van der Waals surface area contributed by atoms with E-state index in [1.807, 2.05) is 17.9 Å². The van der Waals surface area contributed by atoms with Crippen LogP contribution < -0.4 is 5.32 Å². The zero-order chi connectivity index (χ0) is 19.7. The molecule has 2 aromatic rings. The van der Waals surface area contributed by atoms with E-state index in [4.69, 9.17) is 4.74 Å². The van der Waals surface area contributed by atoms with E-state index in [1.165, 1.54) is 0 Å². The Morgan fingerprint density at radius 1 is 1.36 bits per heavy atom. The van der Waals surface area contributed by atoms with Crippen molar-refractivity contribution >= 4 is 11.7 Å². The monoisotopic (exact) mass is 385 g/mol. The zero-order valence-electron chi connectivity index (χ0n) is 16.6. The van der Waals surface area contributed by atoms with E-state index < -0.39 is 0 Å². The zero-order valence-corrected chi connectivity index (χ0v) is 16.6. The lowest BCUT2D eigenvalue weighted by Gasteiger charge is -2.29. The molecule has 0 unspecified atom stereocenters. The van der Waals surface area contributed by atoms with Crippen molar-refractivity contribution < 1.29 is 9.53 Å². The van der Waals surface area contributed by atoms with E-state index in [2.05, 4.69) is 43.9 Å². The average molecular weight is 385 g/mol. The lowest BCUT2D eigenvalue weighted by Crippen LogP contribution is -2.42. The summed E-state index contributed by atoms with van der Waals surface area (Å²) in [4.78, 5) is 23.6. The van der Waals surface area contributed by atoms with Crippen LogP contribution in [0.1, 0.15) is 43.7 Å². The fourth-order valence-corrected chi connectivity index (χ4v) is 3.74. The number of amides is 1. The Kier molecular flexibility index (Phi) is 5.25. The first-order chi connectivity index (χ1) is 13.5. The SMILES string of the molecule is Cc1nnc2n1CCN(C(=O)[C@@H]1CO[C@H](CNc3ccnc(C(C)C)n3)C1)C2. The number of fused-ring (bicyclic) bond motifs is 1. The summed E-state index contributed by atoms with van der Waals surface area (Å²) in [6.45, 7) is 9.16. The molecule has 0 aliphatic carbocycles. The second-order valence-corrected chi connectivity index (χ2v) is 7.80. The quantitative estimate of drug-likeness (QED) is 0.830. The molecule has 1 N–H and O–H groups in total. The van der Waals surface area contributed by atoms with Gasteiger partial charge in [-0.3, -0.25) is 4.79 Å². The van der Waals surface area contributed by atoms with Crippen molar-refractivity contribution in [1.29, 1.82) is 0 Å². The maximum Gasteiger partial charge on any atom is 0.228 e. The molecule has 2 atom stereocenters. The summed E-state index contributed by atoms with van der Waals surface area (Å²) in [6.07, 6.45) is 2.49. The number of carbonyl (C=O) groups excluding carboxylic acids is 1. The number of hydrogen-bond donors (Lipinski definition) is 1. The van der Waals surface area contributed by atoms with E-state index in [0.717, 1.165) is 36.3 Å². The number of nitrogens with zero attached hydrogens (tertiary/aromatic N) is 6. The highest BCUT2D eigenvalue weighted by atomic mass is 16.5. The Hall–Kier alpha value is -2.55. The van der Waals surface area contributed by atoms with Crippen LogP contribution in [0.3, 0.4) is 0 Å². The van der Waals surface area contributed by atoms with E-state index in [-0.39, 0.29) is 23.8 Å². The average Bonchev–Trinajstić information content (AvgIpc) is 3.33. The van der Waals surface area contributed by atoms with Crippen molar-refractivity contribution in [3.63, 3.8) is 0 Å². The van der Waals surface area contributed by atoms with Gasteiger partial charge < -0.3 is 19.5 Å². The Labute approximate surface area is 164 Å². The Balaban J connectivity index is 1.29. The minimum absolute atomic E-state index is 0.00195. The molecular weight excluding hydrogens is 358 g/mol. The van der Waals surface area contributed by atoms with Crippen LogP contribution in [0, 0.1) is 12.8 Å². The lowest BCUT2D eigenvalue weighted by molar-refractivity contribution is -0.137. The van der Waals surface area contributed by atoms with Gasteiger partial charge in [0.25, 0.3) is 0 Å². The van der Waals surface area contributed by atoms with Crippen LogP contribution in [0.2, 0.25) is 0 Å². The van der Waals surface area contributed by atoms with Crippen LogP contribution in [-0.4, -0.2) is 61.3 Å². The van der Waals surface area contributed by atoms with Gasteiger partial charge in [0.1, 0.15) is 17.5 Å². The van der Waals surface area contributed by atoms with Crippen molar-refractivity contribution in [2.75, 3.05) is 25.0 Å². The van der Waals surface area contributed by atoms with Crippen LogP contribution in [0.15, 0.2) is 12.3 Å². The van der Waals surface area contributed by atoms with Gasteiger partial charge in [-0.2, -0.15) is 0 Å². The Morgan fingerprint density at radius 2 is 2.21 bits per heavy atom. The molecule has 150 valence electrons. The number of rotatable bonds is 5. The second kappa shape index (κ2) is 7.83. The highest BCUT2D eigenvalue weighted by molar-refractivity contribution is 5.79. The van der Waals surface area contributed by atoms with Crippen molar-refractivity contribution in [3.05, 3.63) is 29.7 Å². The van der Waals surface area contributed by atoms with E-state index >= 15 is 0 Å². The molecule has 0 spiro atoms. The molecule has 1 fully saturated rings. The third-order valence-electron chi connectivity index (χ3n) is 5.38. The molecule has 0 aromatic carbocycles. The molecule has 2 aliphatic heterocycles. The maximum atomic E-state index is 12.9. The van der Waals surface area contributed by atoms with Gasteiger partial charge in [-0.05, 0) is 19.4 Å². The molecule has 0 bridgehead atoms. The largest absolute Gasteiger partial charge is 0.376 e. The highest BCUT2D eigenvalue weighted by Crippen LogP contribution is 2.24.